The van der Waals surface area contributed by atoms with Gasteiger partial charge in [-0.15, -0.1) is 0 Å². The van der Waals surface area contributed by atoms with E-state index in [4.69, 9.17) is 9.47 Å². The van der Waals surface area contributed by atoms with Crippen molar-refractivity contribution in [3.8, 4) is 11.5 Å². The molecule has 28 heavy (non-hydrogen) atoms. The van der Waals surface area contributed by atoms with Gasteiger partial charge in [-0.1, -0.05) is 36.4 Å². The first-order valence-corrected chi connectivity index (χ1v) is 9.86. The Morgan fingerprint density at radius 3 is 2.61 bits per heavy atom. The minimum Gasteiger partial charge on any atom is -0.490 e. The molecule has 150 valence electrons. The normalized spacial score (nSPS) is 14.9. The minimum atomic E-state index is 0.0168. The molecule has 1 heterocycles. The molecule has 1 unspecified atom stereocenters. The molecule has 2 aromatic carbocycles. The molecule has 0 amide bonds. The Morgan fingerprint density at radius 1 is 1.07 bits per heavy atom. The molecular formula is C22H29N3O3. The van der Waals surface area contributed by atoms with E-state index in [9.17, 15) is 5.11 Å². The number of aliphatic imine (C=N–C) groups is 1. The van der Waals surface area contributed by atoms with E-state index in [0.717, 1.165) is 41.6 Å². The molecule has 0 aliphatic carbocycles. The van der Waals surface area contributed by atoms with Crippen LogP contribution < -0.4 is 20.1 Å². The zero-order chi connectivity index (χ0) is 19.6. The number of rotatable bonds is 7. The summed E-state index contributed by atoms with van der Waals surface area (Å²) in [6.07, 6.45) is 0.893. The van der Waals surface area contributed by atoms with Crippen LogP contribution in [0.2, 0.25) is 0 Å². The lowest BCUT2D eigenvalue weighted by molar-refractivity contribution is 0.265. The Balaban J connectivity index is 1.63. The molecule has 0 spiro atoms. The summed E-state index contributed by atoms with van der Waals surface area (Å²) in [5, 5.41) is 16.3. The number of nitrogens with one attached hydrogen (secondary N) is 2. The van der Waals surface area contributed by atoms with Crippen LogP contribution in [0.3, 0.4) is 0 Å². The minimum absolute atomic E-state index is 0.0168. The zero-order valence-corrected chi connectivity index (χ0v) is 16.4. The third-order valence-electron chi connectivity index (χ3n) is 4.58. The molecule has 0 radical (unpaired) electrons. The molecule has 3 N–H and O–H groups in total. The van der Waals surface area contributed by atoms with Crippen molar-refractivity contribution in [3.05, 3.63) is 59.7 Å². The van der Waals surface area contributed by atoms with Gasteiger partial charge in [0, 0.05) is 25.4 Å². The Labute approximate surface area is 166 Å². The molecule has 0 bridgehead atoms. The monoisotopic (exact) mass is 383 g/mol. The van der Waals surface area contributed by atoms with Crippen LogP contribution >= 0.6 is 0 Å². The van der Waals surface area contributed by atoms with Gasteiger partial charge >= 0.3 is 0 Å². The number of aliphatic hydroxyl groups is 1. The van der Waals surface area contributed by atoms with E-state index in [1.165, 1.54) is 0 Å². The van der Waals surface area contributed by atoms with Crippen molar-refractivity contribution >= 4 is 5.96 Å². The number of benzene rings is 2. The lowest BCUT2D eigenvalue weighted by atomic mass is 10.0. The van der Waals surface area contributed by atoms with Crippen molar-refractivity contribution in [2.45, 2.75) is 25.8 Å². The number of guanidine groups is 1. The molecule has 1 atom stereocenters. The first-order valence-electron chi connectivity index (χ1n) is 9.86. The predicted octanol–water partition coefficient (Wildman–Crippen LogP) is 2.68. The third kappa shape index (κ3) is 5.63. The summed E-state index contributed by atoms with van der Waals surface area (Å²) in [5.74, 6) is 2.32. The SMILES string of the molecule is CCNC(=NCc1ccc2c(c1)OCCCO2)NCC(CO)c1ccccc1. The van der Waals surface area contributed by atoms with Crippen molar-refractivity contribution in [1.29, 1.82) is 0 Å². The van der Waals surface area contributed by atoms with Crippen molar-refractivity contribution in [1.82, 2.24) is 10.6 Å². The van der Waals surface area contributed by atoms with Gasteiger partial charge in [0.05, 0.1) is 26.4 Å². The van der Waals surface area contributed by atoms with E-state index in [-0.39, 0.29) is 12.5 Å². The molecule has 0 aromatic heterocycles. The highest BCUT2D eigenvalue weighted by Crippen LogP contribution is 2.30. The van der Waals surface area contributed by atoms with Gasteiger partial charge in [0.1, 0.15) is 0 Å². The van der Waals surface area contributed by atoms with Crippen LogP contribution in [0, 0.1) is 0 Å². The summed E-state index contributed by atoms with van der Waals surface area (Å²) >= 11 is 0. The summed E-state index contributed by atoms with van der Waals surface area (Å²) < 4.78 is 11.4. The van der Waals surface area contributed by atoms with Gasteiger partial charge in [0.15, 0.2) is 17.5 Å². The van der Waals surface area contributed by atoms with Crippen molar-refractivity contribution in [2.24, 2.45) is 4.99 Å². The highest BCUT2D eigenvalue weighted by Gasteiger charge is 2.12. The predicted molar refractivity (Wildman–Crippen MR) is 111 cm³/mol. The maximum atomic E-state index is 9.74. The second kappa shape index (κ2) is 10.6. The maximum Gasteiger partial charge on any atom is 0.191 e. The maximum absolute atomic E-state index is 9.74. The lowest BCUT2D eigenvalue weighted by Gasteiger charge is -2.18. The fraction of sp³-hybridized carbons (Fsp3) is 0.409. The summed E-state index contributed by atoms with van der Waals surface area (Å²) in [5.41, 5.74) is 2.17. The number of hydrogen-bond donors (Lipinski definition) is 3. The first-order chi connectivity index (χ1) is 13.8. The Hall–Kier alpha value is -2.73. The van der Waals surface area contributed by atoms with Crippen LogP contribution in [-0.2, 0) is 6.54 Å². The molecule has 0 saturated heterocycles. The van der Waals surface area contributed by atoms with Crippen LogP contribution in [0.5, 0.6) is 11.5 Å². The topological polar surface area (TPSA) is 75.1 Å². The zero-order valence-electron chi connectivity index (χ0n) is 16.4. The Kier molecular flexibility index (Phi) is 7.55. The second-order valence-electron chi connectivity index (χ2n) is 6.70. The molecule has 1 aliphatic rings. The van der Waals surface area contributed by atoms with Crippen LogP contribution in [0.4, 0.5) is 0 Å². The third-order valence-corrected chi connectivity index (χ3v) is 4.58. The molecule has 6 heteroatoms. The van der Waals surface area contributed by atoms with E-state index in [1.807, 2.05) is 55.5 Å². The van der Waals surface area contributed by atoms with Crippen molar-refractivity contribution in [2.75, 3.05) is 32.9 Å². The number of aliphatic hydroxyl groups excluding tert-OH is 1. The van der Waals surface area contributed by atoms with Gasteiger partial charge in [0.25, 0.3) is 0 Å². The standard InChI is InChI=1S/C22H29N3O3/c1-2-23-22(25-15-19(16-26)18-7-4-3-5-8-18)24-14-17-9-10-20-21(13-17)28-12-6-11-27-20/h3-5,7-10,13,19,26H,2,6,11-12,14-16H2,1H3,(H2,23,24,25). The van der Waals surface area contributed by atoms with Gasteiger partial charge in [-0.05, 0) is 30.2 Å². The molecule has 0 saturated carbocycles. The van der Waals surface area contributed by atoms with Crippen LogP contribution in [0.1, 0.15) is 30.4 Å². The van der Waals surface area contributed by atoms with Gasteiger partial charge in [-0.3, -0.25) is 0 Å². The second-order valence-corrected chi connectivity index (χ2v) is 6.70. The van der Waals surface area contributed by atoms with E-state index >= 15 is 0 Å². The van der Waals surface area contributed by atoms with Crippen LogP contribution in [0.15, 0.2) is 53.5 Å². The molecule has 1 aliphatic heterocycles. The average Bonchev–Trinajstić information content (AvgIpc) is 2.98. The lowest BCUT2D eigenvalue weighted by Crippen LogP contribution is -2.39. The molecule has 3 rings (SSSR count). The number of ether oxygens (including phenoxy) is 2. The highest BCUT2D eigenvalue weighted by molar-refractivity contribution is 5.79. The smallest absolute Gasteiger partial charge is 0.191 e. The molecule has 6 nitrogen and oxygen atoms in total. The number of hydrogen-bond acceptors (Lipinski definition) is 4. The first kappa shape index (κ1) is 20.0. The summed E-state index contributed by atoms with van der Waals surface area (Å²) in [7, 11) is 0. The van der Waals surface area contributed by atoms with Gasteiger partial charge in [-0.25, -0.2) is 4.99 Å². The van der Waals surface area contributed by atoms with Gasteiger partial charge in [0.2, 0.25) is 0 Å². The summed E-state index contributed by atoms with van der Waals surface area (Å²) in [4.78, 5) is 4.67. The van der Waals surface area contributed by atoms with Gasteiger partial charge in [-0.2, -0.15) is 0 Å². The quantitative estimate of drug-likeness (QED) is 0.506. The Morgan fingerprint density at radius 2 is 1.86 bits per heavy atom. The average molecular weight is 383 g/mol. The number of nitrogens with zero attached hydrogens (tertiary/aromatic N) is 1. The van der Waals surface area contributed by atoms with E-state index in [1.54, 1.807) is 0 Å². The largest absolute Gasteiger partial charge is 0.490 e. The van der Waals surface area contributed by atoms with E-state index in [0.29, 0.717) is 26.3 Å². The highest BCUT2D eigenvalue weighted by atomic mass is 16.5. The molecular weight excluding hydrogens is 354 g/mol. The summed E-state index contributed by atoms with van der Waals surface area (Å²) in [6, 6.07) is 16.0. The fourth-order valence-electron chi connectivity index (χ4n) is 3.05. The van der Waals surface area contributed by atoms with Crippen molar-refractivity contribution < 1.29 is 14.6 Å². The Bertz CT molecular complexity index is 765. The number of fused-ring (bicyclic) bond motifs is 1. The molecule has 2 aromatic rings. The van der Waals surface area contributed by atoms with E-state index in [2.05, 4.69) is 15.6 Å². The fourth-order valence-corrected chi connectivity index (χ4v) is 3.05. The molecule has 0 fully saturated rings. The van der Waals surface area contributed by atoms with E-state index < -0.39 is 0 Å². The summed E-state index contributed by atoms with van der Waals surface area (Å²) in [6.45, 7) is 5.37. The van der Waals surface area contributed by atoms with Crippen LogP contribution in [0.25, 0.3) is 0 Å². The van der Waals surface area contributed by atoms with Crippen LogP contribution in [-0.4, -0.2) is 44.0 Å². The van der Waals surface area contributed by atoms with Gasteiger partial charge < -0.3 is 25.2 Å². The van der Waals surface area contributed by atoms with Crippen molar-refractivity contribution in [3.63, 3.8) is 0 Å².